The summed E-state index contributed by atoms with van der Waals surface area (Å²) in [6.07, 6.45) is 5.56. The van der Waals surface area contributed by atoms with E-state index in [9.17, 15) is 9.18 Å². The van der Waals surface area contributed by atoms with Crippen molar-refractivity contribution in [2.75, 3.05) is 0 Å². The molecule has 1 aromatic rings. The van der Waals surface area contributed by atoms with Gasteiger partial charge in [0.2, 0.25) is 0 Å². The molecule has 0 radical (unpaired) electrons. The van der Waals surface area contributed by atoms with Crippen LogP contribution in [0.2, 0.25) is 0 Å². The molecule has 0 unspecified atom stereocenters. The second-order valence-corrected chi connectivity index (χ2v) is 6.72. The van der Waals surface area contributed by atoms with Crippen LogP contribution in [0.25, 0.3) is 0 Å². The lowest BCUT2D eigenvalue weighted by molar-refractivity contribution is -0.153. The number of esters is 1. The van der Waals surface area contributed by atoms with E-state index in [1.54, 1.807) is 0 Å². The third kappa shape index (κ3) is 5.75. The van der Waals surface area contributed by atoms with Crippen molar-refractivity contribution in [1.82, 2.24) is 0 Å². The topological polar surface area (TPSA) is 52.3 Å². The van der Waals surface area contributed by atoms with Crippen molar-refractivity contribution in [1.29, 1.82) is 0 Å². The van der Waals surface area contributed by atoms with Gasteiger partial charge in [-0.15, -0.1) is 12.4 Å². The van der Waals surface area contributed by atoms with Crippen LogP contribution in [0.4, 0.5) is 4.39 Å². The highest BCUT2D eigenvalue weighted by atomic mass is 35.5. The Bertz CT molecular complexity index is 509. The minimum atomic E-state index is -0.510. The summed E-state index contributed by atoms with van der Waals surface area (Å²) in [5.74, 6) is 0.227. The largest absolute Gasteiger partial charge is 0.461 e. The molecular weight excluding hydrogens is 329 g/mol. The first kappa shape index (κ1) is 20.9. The van der Waals surface area contributed by atoms with Crippen LogP contribution in [0.1, 0.15) is 51.5 Å². The number of rotatable bonds is 4. The quantitative estimate of drug-likeness (QED) is 0.819. The van der Waals surface area contributed by atoms with E-state index >= 15 is 0 Å². The summed E-state index contributed by atoms with van der Waals surface area (Å²) < 4.78 is 18.8. The lowest BCUT2D eigenvalue weighted by Crippen LogP contribution is -2.37. The molecule has 3 nitrogen and oxygen atoms in total. The van der Waals surface area contributed by atoms with Gasteiger partial charge < -0.3 is 10.5 Å². The minimum Gasteiger partial charge on any atom is -0.461 e. The first-order valence-electron chi connectivity index (χ1n) is 8.71. The molecule has 4 atom stereocenters. The summed E-state index contributed by atoms with van der Waals surface area (Å²) in [4.78, 5) is 12.0. The molecule has 0 amide bonds. The molecule has 1 fully saturated rings. The Morgan fingerprint density at radius 1 is 1.25 bits per heavy atom. The maximum atomic E-state index is 13.1. The van der Waals surface area contributed by atoms with Crippen LogP contribution in [-0.2, 0) is 16.0 Å². The molecule has 1 heterocycles. The second kappa shape index (κ2) is 10.00. The van der Waals surface area contributed by atoms with E-state index in [0.29, 0.717) is 12.3 Å². The summed E-state index contributed by atoms with van der Waals surface area (Å²) >= 11 is 0. The normalized spacial score (nSPS) is 28.1. The highest BCUT2D eigenvalue weighted by Crippen LogP contribution is 2.32. The number of carbonyl (C=O) groups excluding carboxylic acids is 1. The van der Waals surface area contributed by atoms with Crippen molar-refractivity contribution in [3.8, 4) is 0 Å². The van der Waals surface area contributed by atoms with Gasteiger partial charge >= 0.3 is 5.97 Å². The third-order valence-corrected chi connectivity index (χ3v) is 4.95. The van der Waals surface area contributed by atoms with Gasteiger partial charge in [-0.2, -0.15) is 0 Å². The molecule has 5 heteroatoms. The Labute approximate surface area is 150 Å². The lowest BCUT2D eigenvalue weighted by atomic mass is 9.78. The van der Waals surface area contributed by atoms with Gasteiger partial charge in [0.15, 0.2) is 0 Å². The lowest BCUT2D eigenvalue weighted by Gasteiger charge is -2.31. The zero-order valence-electron chi connectivity index (χ0n) is 14.5. The number of carbonyl (C=O) groups is 1. The molecule has 2 rings (SSSR count). The summed E-state index contributed by atoms with van der Waals surface area (Å²) in [6.45, 7) is 4.15. The van der Waals surface area contributed by atoms with Crippen molar-refractivity contribution in [2.24, 2.45) is 17.6 Å². The van der Waals surface area contributed by atoms with Gasteiger partial charge in [0.05, 0.1) is 0 Å². The first-order valence-corrected chi connectivity index (χ1v) is 8.71. The van der Waals surface area contributed by atoms with E-state index in [1.165, 1.54) is 12.1 Å². The van der Waals surface area contributed by atoms with Gasteiger partial charge in [0, 0.05) is 5.92 Å². The number of hydrogen-bond acceptors (Lipinski definition) is 3. The number of benzene rings is 1. The smallest absolute Gasteiger partial charge is 0.323 e. The molecule has 0 aliphatic carbocycles. The van der Waals surface area contributed by atoms with E-state index in [2.05, 4.69) is 6.92 Å². The summed E-state index contributed by atoms with van der Waals surface area (Å²) in [7, 11) is 0. The Morgan fingerprint density at radius 2 is 1.92 bits per heavy atom. The average molecular weight is 358 g/mol. The first-order chi connectivity index (χ1) is 11.0. The molecule has 136 valence electrons. The monoisotopic (exact) mass is 357 g/mol. The highest BCUT2D eigenvalue weighted by Gasteiger charge is 2.32. The number of hydrogen-bond donors (Lipinski definition) is 1. The number of nitrogens with two attached hydrogens (primary N) is 1. The highest BCUT2D eigenvalue weighted by molar-refractivity contribution is 5.85. The SMILES string of the molecule is CCC[C@H]1CCC[C@H](N)C(=O)O[C@@H](C)[C@@H]1Cc1ccc(F)cc1.Cl. The van der Waals surface area contributed by atoms with Gasteiger partial charge in [-0.1, -0.05) is 38.3 Å². The Kier molecular flexibility index (Phi) is 8.71. The fourth-order valence-electron chi connectivity index (χ4n) is 3.63. The van der Waals surface area contributed by atoms with E-state index in [0.717, 1.165) is 37.7 Å². The third-order valence-electron chi connectivity index (χ3n) is 4.95. The van der Waals surface area contributed by atoms with Crippen LogP contribution < -0.4 is 5.73 Å². The Hall–Kier alpha value is -1.13. The predicted octanol–water partition coefficient (Wildman–Crippen LogP) is 4.27. The van der Waals surface area contributed by atoms with Crippen LogP contribution in [0.5, 0.6) is 0 Å². The zero-order valence-corrected chi connectivity index (χ0v) is 15.4. The Morgan fingerprint density at radius 3 is 2.54 bits per heavy atom. The molecule has 0 bridgehead atoms. The van der Waals surface area contributed by atoms with Crippen molar-refractivity contribution < 1.29 is 13.9 Å². The van der Waals surface area contributed by atoms with Crippen molar-refractivity contribution in [3.63, 3.8) is 0 Å². The van der Waals surface area contributed by atoms with Crippen LogP contribution in [-0.4, -0.2) is 18.1 Å². The molecule has 1 aliphatic heterocycles. The summed E-state index contributed by atoms with van der Waals surface area (Å²) in [5.41, 5.74) is 6.98. The Balaban J connectivity index is 0.00000288. The molecule has 1 saturated heterocycles. The fraction of sp³-hybridized carbons (Fsp3) is 0.632. The van der Waals surface area contributed by atoms with Gasteiger partial charge in [-0.25, -0.2) is 4.39 Å². The number of halogens is 2. The molecule has 0 saturated carbocycles. The number of ether oxygens (including phenoxy) is 1. The van der Waals surface area contributed by atoms with Crippen molar-refractivity contribution in [3.05, 3.63) is 35.6 Å². The van der Waals surface area contributed by atoms with Gasteiger partial charge in [0.25, 0.3) is 0 Å². The standard InChI is InChI=1S/C19H28FNO2.ClH/c1-3-5-15-6-4-7-18(21)19(22)23-13(2)17(15)12-14-8-10-16(20)11-9-14;/h8-11,13,15,17-18H,3-7,12,21H2,1-2H3;1H/t13-,15-,17-,18-;/m0./s1. The molecular formula is C19H29ClFNO2. The second-order valence-electron chi connectivity index (χ2n) is 6.72. The van der Waals surface area contributed by atoms with Crippen LogP contribution >= 0.6 is 12.4 Å². The van der Waals surface area contributed by atoms with E-state index in [4.69, 9.17) is 10.5 Å². The van der Waals surface area contributed by atoms with E-state index < -0.39 is 6.04 Å². The van der Waals surface area contributed by atoms with Crippen molar-refractivity contribution in [2.45, 2.75) is 64.5 Å². The fourth-order valence-corrected chi connectivity index (χ4v) is 3.63. The van der Waals surface area contributed by atoms with Crippen LogP contribution in [0.15, 0.2) is 24.3 Å². The average Bonchev–Trinajstić information content (AvgIpc) is 2.56. The van der Waals surface area contributed by atoms with Gasteiger partial charge in [-0.05, 0) is 49.8 Å². The molecule has 2 N–H and O–H groups in total. The molecule has 0 spiro atoms. The van der Waals surface area contributed by atoms with Crippen LogP contribution in [0, 0.1) is 17.7 Å². The molecule has 24 heavy (non-hydrogen) atoms. The van der Waals surface area contributed by atoms with E-state index in [-0.39, 0.29) is 36.2 Å². The molecule has 1 aromatic carbocycles. The molecule has 0 aromatic heterocycles. The molecule has 1 aliphatic rings. The summed E-state index contributed by atoms with van der Waals surface area (Å²) in [5, 5.41) is 0. The number of cyclic esters (lactones) is 1. The maximum absolute atomic E-state index is 13.1. The zero-order chi connectivity index (χ0) is 16.8. The van der Waals surface area contributed by atoms with Gasteiger partial charge in [-0.3, -0.25) is 4.79 Å². The van der Waals surface area contributed by atoms with Crippen LogP contribution in [0.3, 0.4) is 0 Å². The van der Waals surface area contributed by atoms with E-state index in [1.807, 2.05) is 19.1 Å². The van der Waals surface area contributed by atoms with Crippen molar-refractivity contribution >= 4 is 18.4 Å². The predicted molar refractivity (Wildman–Crippen MR) is 96.6 cm³/mol. The van der Waals surface area contributed by atoms with Gasteiger partial charge in [0.1, 0.15) is 18.0 Å². The maximum Gasteiger partial charge on any atom is 0.323 e. The summed E-state index contributed by atoms with van der Waals surface area (Å²) in [6, 6.07) is 6.12. The minimum absolute atomic E-state index is 0.